The quantitative estimate of drug-likeness (QED) is 0.596. The largest absolute Gasteiger partial charge is 0.365 e. The van der Waals surface area contributed by atoms with Crippen LogP contribution in [0.2, 0.25) is 5.02 Å². The third-order valence-electron chi connectivity index (χ3n) is 6.24. The molecule has 9 nitrogen and oxygen atoms in total. The number of H-pyrrole nitrogens is 1. The maximum absolute atomic E-state index is 13.1. The Bertz CT molecular complexity index is 1040. The molecular weight excluding hydrogens is 432 g/mol. The standard InChI is InChI=1S/C22H27ClN6O3/c1-13(9-22(3)20(31)26-21(32)27-22)19(30)28-4-5-29(14(2)12-28)18-7-15(6-17(23)8-18)16-10-24-25-11-16/h6-8,10-11,13-14H,4-5,9,12H2,1-3H3,(H,24,25)(H2,26,27,31,32)/t13-,14-,22+/m0/s1. The maximum Gasteiger partial charge on any atom is 0.322 e. The number of hydrogen-bond acceptors (Lipinski definition) is 5. The summed E-state index contributed by atoms with van der Waals surface area (Å²) in [5, 5.41) is 12.3. The first-order chi connectivity index (χ1) is 15.2. The number of urea groups is 1. The van der Waals surface area contributed by atoms with Gasteiger partial charge in [0.25, 0.3) is 5.91 Å². The van der Waals surface area contributed by atoms with Crippen LogP contribution in [0.4, 0.5) is 10.5 Å². The number of nitrogens with one attached hydrogen (secondary N) is 3. The van der Waals surface area contributed by atoms with Crippen molar-refractivity contribution in [1.82, 2.24) is 25.7 Å². The molecule has 2 aromatic rings. The summed E-state index contributed by atoms with van der Waals surface area (Å²) in [5.74, 6) is -0.812. The van der Waals surface area contributed by atoms with Crippen LogP contribution in [0.1, 0.15) is 27.2 Å². The van der Waals surface area contributed by atoms with E-state index in [2.05, 4.69) is 38.7 Å². The summed E-state index contributed by atoms with van der Waals surface area (Å²) in [7, 11) is 0. The summed E-state index contributed by atoms with van der Waals surface area (Å²) in [6.45, 7) is 7.32. The number of benzene rings is 1. The van der Waals surface area contributed by atoms with Crippen LogP contribution in [0, 0.1) is 5.92 Å². The van der Waals surface area contributed by atoms with Crippen LogP contribution in [0.3, 0.4) is 0 Å². The zero-order valence-corrected chi connectivity index (χ0v) is 19.1. The van der Waals surface area contributed by atoms with E-state index in [1.54, 1.807) is 20.0 Å². The van der Waals surface area contributed by atoms with E-state index >= 15 is 0 Å². The Morgan fingerprint density at radius 2 is 2.06 bits per heavy atom. The molecule has 10 heteroatoms. The highest BCUT2D eigenvalue weighted by atomic mass is 35.5. The van der Waals surface area contributed by atoms with E-state index in [9.17, 15) is 14.4 Å². The molecule has 170 valence electrons. The Morgan fingerprint density at radius 3 is 2.69 bits per heavy atom. The molecule has 4 amide bonds. The van der Waals surface area contributed by atoms with E-state index in [0.29, 0.717) is 24.7 Å². The minimum Gasteiger partial charge on any atom is -0.365 e. The average molecular weight is 459 g/mol. The minimum atomic E-state index is -1.07. The van der Waals surface area contributed by atoms with Crippen molar-refractivity contribution in [3.05, 3.63) is 35.6 Å². The Hall–Kier alpha value is -3.07. The number of anilines is 1. The molecule has 0 aliphatic carbocycles. The van der Waals surface area contributed by atoms with Gasteiger partial charge >= 0.3 is 6.03 Å². The van der Waals surface area contributed by atoms with Crippen LogP contribution in [-0.4, -0.2) is 64.2 Å². The second-order valence-corrected chi connectivity index (χ2v) is 9.29. The fourth-order valence-electron chi connectivity index (χ4n) is 4.59. The Labute approximate surface area is 191 Å². The first-order valence-electron chi connectivity index (χ1n) is 10.6. The molecule has 0 spiro atoms. The van der Waals surface area contributed by atoms with Gasteiger partial charge in [0.2, 0.25) is 5.91 Å². The molecule has 2 aliphatic heterocycles. The number of carbonyl (C=O) groups excluding carboxylic acids is 3. The van der Waals surface area contributed by atoms with Gasteiger partial charge < -0.3 is 15.1 Å². The van der Waals surface area contributed by atoms with Crippen molar-refractivity contribution in [1.29, 1.82) is 0 Å². The summed E-state index contributed by atoms with van der Waals surface area (Å²) in [5.41, 5.74) is 1.87. The molecule has 2 fully saturated rings. The number of aromatic amines is 1. The first kappa shape index (κ1) is 22.1. The van der Waals surface area contributed by atoms with Crippen molar-refractivity contribution in [2.24, 2.45) is 5.92 Å². The first-order valence-corrected chi connectivity index (χ1v) is 11.0. The summed E-state index contributed by atoms with van der Waals surface area (Å²) in [6.07, 6.45) is 3.83. The number of hydrogen-bond donors (Lipinski definition) is 3. The number of imide groups is 1. The maximum atomic E-state index is 13.1. The molecule has 3 heterocycles. The third-order valence-corrected chi connectivity index (χ3v) is 6.46. The predicted molar refractivity (Wildman–Crippen MR) is 121 cm³/mol. The second-order valence-electron chi connectivity index (χ2n) is 8.86. The van der Waals surface area contributed by atoms with Crippen molar-refractivity contribution in [2.75, 3.05) is 24.5 Å². The molecule has 0 radical (unpaired) electrons. The smallest absolute Gasteiger partial charge is 0.322 e. The Morgan fingerprint density at radius 1 is 1.28 bits per heavy atom. The predicted octanol–water partition coefficient (Wildman–Crippen LogP) is 2.39. The van der Waals surface area contributed by atoms with Gasteiger partial charge in [-0.15, -0.1) is 0 Å². The summed E-state index contributed by atoms with van der Waals surface area (Å²) >= 11 is 6.39. The zero-order chi connectivity index (χ0) is 23.0. The molecule has 3 N–H and O–H groups in total. The topological polar surface area (TPSA) is 110 Å². The lowest BCUT2D eigenvalue weighted by atomic mass is 9.89. The normalized spacial score (nSPS) is 24.3. The van der Waals surface area contributed by atoms with E-state index in [0.717, 1.165) is 16.8 Å². The highest BCUT2D eigenvalue weighted by molar-refractivity contribution is 6.31. The molecule has 4 rings (SSSR count). The van der Waals surface area contributed by atoms with Gasteiger partial charge in [0, 0.05) is 54.1 Å². The van der Waals surface area contributed by atoms with Crippen molar-refractivity contribution in [2.45, 2.75) is 38.8 Å². The zero-order valence-electron chi connectivity index (χ0n) is 18.3. The van der Waals surface area contributed by atoms with Crippen LogP contribution in [0.5, 0.6) is 0 Å². The number of aromatic nitrogens is 2. The lowest BCUT2D eigenvalue weighted by molar-refractivity contribution is -0.137. The van der Waals surface area contributed by atoms with E-state index in [-0.39, 0.29) is 18.4 Å². The van der Waals surface area contributed by atoms with Crippen LogP contribution < -0.4 is 15.5 Å². The molecule has 1 aromatic heterocycles. The van der Waals surface area contributed by atoms with Gasteiger partial charge in [0.05, 0.1) is 6.20 Å². The van der Waals surface area contributed by atoms with Gasteiger partial charge in [-0.05, 0) is 44.0 Å². The molecule has 0 saturated carbocycles. The van der Waals surface area contributed by atoms with E-state index in [1.807, 2.05) is 23.2 Å². The monoisotopic (exact) mass is 458 g/mol. The number of rotatable bonds is 5. The second kappa shape index (κ2) is 8.46. The summed E-state index contributed by atoms with van der Waals surface area (Å²) < 4.78 is 0. The molecule has 0 bridgehead atoms. The summed E-state index contributed by atoms with van der Waals surface area (Å²) in [4.78, 5) is 40.8. The Balaban J connectivity index is 1.43. The molecule has 32 heavy (non-hydrogen) atoms. The number of carbonyl (C=O) groups is 3. The van der Waals surface area contributed by atoms with E-state index in [4.69, 9.17) is 11.6 Å². The number of halogens is 1. The number of piperazine rings is 1. The minimum absolute atomic E-state index is 0.0168. The molecule has 2 saturated heterocycles. The molecule has 2 aliphatic rings. The molecule has 1 aromatic carbocycles. The van der Waals surface area contributed by atoms with Gasteiger partial charge in [-0.3, -0.25) is 20.0 Å². The van der Waals surface area contributed by atoms with Crippen molar-refractivity contribution >= 4 is 35.1 Å². The van der Waals surface area contributed by atoms with Gasteiger partial charge in [0.1, 0.15) is 5.54 Å². The number of amides is 4. The van der Waals surface area contributed by atoms with Crippen molar-refractivity contribution in [3.8, 4) is 11.1 Å². The van der Waals surface area contributed by atoms with Crippen LogP contribution in [0.15, 0.2) is 30.6 Å². The van der Waals surface area contributed by atoms with Crippen molar-refractivity contribution < 1.29 is 14.4 Å². The number of nitrogens with zero attached hydrogens (tertiary/aromatic N) is 3. The average Bonchev–Trinajstić information content (AvgIpc) is 3.35. The van der Waals surface area contributed by atoms with Gasteiger partial charge in [-0.25, -0.2) is 4.79 Å². The fourth-order valence-corrected chi connectivity index (χ4v) is 4.82. The SMILES string of the molecule is C[C@@H](C[C@@]1(C)NC(=O)NC1=O)C(=O)N1CCN(c2cc(Cl)cc(-c3cn[nH]c3)c2)[C@@H](C)C1. The summed E-state index contributed by atoms with van der Waals surface area (Å²) in [6, 6.07) is 5.48. The van der Waals surface area contributed by atoms with Crippen molar-refractivity contribution in [3.63, 3.8) is 0 Å². The van der Waals surface area contributed by atoms with E-state index < -0.39 is 23.4 Å². The van der Waals surface area contributed by atoms with E-state index in [1.165, 1.54) is 0 Å². The van der Waals surface area contributed by atoms with Gasteiger partial charge in [-0.2, -0.15) is 5.10 Å². The lowest BCUT2D eigenvalue weighted by Gasteiger charge is -2.42. The fraction of sp³-hybridized carbons (Fsp3) is 0.455. The van der Waals surface area contributed by atoms with Crippen LogP contribution in [-0.2, 0) is 9.59 Å². The highest BCUT2D eigenvalue weighted by Gasteiger charge is 2.44. The molecule has 0 unspecified atom stereocenters. The third kappa shape index (κ3) is 4.29. The highest BCUT2D eigenvalue weighted by Crippen LogP contribution is 2.31. The molecular formula is C22H27ClN6O3. The Kier molecular flexibility index (Phi) is 5.85. The van der Waals surface area contributed by atoms with Crippen LogP contribution in [0.25, 0.3) is 11.1 Å². The molecule has 3 atom stereocenters. The van der Waals surface area contributed by atoms with Gasteiger partial charge in [0.15, 0.2) is 0 Å². The van der Waals surface area contributed by atoms with Crippen LogP contribution >= 0.6 is 11.6 Å². The van der Waals surface area contributed by atoms with Gasteiger partial charge in [-0.1, -0.05) is 18.5 Å². The lowest BCUT2D eigenvalue weighted by Crippen LogP contribution is -2.55.